The Morgan fingerprint density at radius 2 is 1.87 bits per heavy atom. The van der Waals surface area contributed by atoms with Crippen LogP contribution in [0.3, 0.4) is 0 Å². The fraction of sp³-hybridized carbons (Fsp3) is 0.538. The molecule has 0 bridgehead atoms. The van der Waals surface area contributed by atoms with Crippen molar-refractivity contribution in [3.8, 4) is 5.75 Å². The molecule has 5 nitrogen and oxygen atoms in total. The van der Waals surface area contributed by atoms with Gasteiger partial charge in [-0.25, -0.2) is 0 Å². The van der Waals surface area contributed by atoms with Gasteiger partial charge < -0.3 is 4.74 Å². The van der Waals surface area contributed by atoms with Crippen molar-refractivity contribution >= 4 is 5.78 Å². The van der Waals surface area contributed by atoms with Gasteiger partial charge in [0.1, 0.15) is 11.5 Å². The van der Waals surface area contributed by atoms with Crippen molar-refractivity contribution in [2.45, 2.75) is 63.6 Å². The third-order valence-corrected chi connectivity index (χ3v) is 7.69. The number of carbonyl (C=O) groups excluding carboxylic acids is 1. The number of pyridine rings is 1. The van der Waals surface area contributed by atoms with Gasteiger partial charge in [-0.1, -0.05) is 24.3 Å². The van der Waals surface area contributed by atoms with Crippen molar-refractivity contribution in [3.05, 3.63) is 59.9 Å². The first-order valence-electron chi connectivity index (χ1n) is 11.4. The van der Waals surface area contributed by atoms with Crippen LogP contribution in [0.1, 0.15) is 57.2 Å². The molecule has 0 N–H and O–H groups in total. The van der Waals surface area contributed by atoms with Gasteiger partial charge in [-0.05, 0) is 82.8 Å². The molecule has 166 valence electrons. The SMILES string of the molecule is COc1ccccc1C1CCN(C2(C)CC2(C)N(CC(C)=O)Cc2ccccn2)CC1. The molecule has 2 atom stereocenters. The van der Waals surface area contributed by atoms with E-state index in [0.29, 0.717) is 19.0 Å². The molecule has 1 saturated carbocycles. The molecule has 5 heteroatoms. The molecule has 2 aromatic rings. The Bertz CT molecular complexity index is 910. The van der Waals surface area contributed by atoms with Gasteiger partial charge in [-0.15, -0.1) is 0 Å². The Labute approximate surface area is 186 Å². The molecular weight excluding hydrogens is 386 g/mol. The molecule has 1 aliphatic heterocycles. The fourth-order valence-electron chi connectivity index (χ4n) is 5.58. The number of rotatable bonds is 8. The van der Waals surface area contributed by atoms with Crippen molar-refractivity contribution in [2.24, 2.45) is 0 Å². The molecule has 2 aliphatic rings. The minimum Gasteiger partial charge on any atom is -0.496 e. The summed E-state index contributed by atoms with van der Waals surface area (Å²) < 4.78 is 5.60. The number of likely N-dealkylation sites (tertiary alicyclic amines) is 1. The third-order valence-electron chi connectivity index (χ3n) is 7.69. The first-order valence-corrected chi connectivity index (χ1v) is 11.4. The maximum atomic E-state index is 12.1. The van der Waals surface area contributed by atoms with E-state index in [1.165, 1.54) is 5.56 Å². The van der Waals surface area contributed by atoms with Crippen LogP contribution in [0, 0.1) is 0 Å². The van der Waals surface area contributed by atoms with Crippen molar-refractivity contribution in [2.75, 3.05) is 26.7 Å². The summed E-state index contributed by atoms with van der Waals surface area (Å²) in [5.41, 5.74) is 2.42. The number of methoxy groups -OCH3 is 1. The smallest absolute Gasteiger partial charge is 0.143 e. The maximum absolute atomic E-state index is 12.1. The topological polar surface area (TPSA) is 45.7 Å². The van der Waals surface area contributed by atoms with Crippen LogP contribution in [0.4, 0.5) is 0 Å². The number of para-hydroxylation sites is 1. The number of benzene rings is 1. The number of aromatic nitrogens is 1. The molecular formula is C26H35N3O2. The number of Topliss-reactive ketones (excluding diaryl/α,β-unsaturated/α-hetero) is 1. The van der Waals surface area contributed by atoms with E-state index in [0.717, 1.165) is 43.8 Å². The highest BCUT2D eigenvalue weighted by Gasteiger charge is 2.67. The van der Waals surface area contributed by atoms with Crippen LogP contribution in [0.5, 0.6) is 5.75 Å². The normalized spacial score (nSPS) is 26.7. The lowest BCUT2D eigenvalue weighted by Crippen LogP contribution is -2.51. The van der Waals surface area contributed by atoms with Gasteiger partial charge in [0.05, 0.1) is 19.3 Å². The Kier molecular flexibility index (Phi) is 6.18. The van der Waals surface area contributed by atoms with Gasteiger partial charge in [-0.3, -0.25) is 19.6 Å². The molecule has 2 unspecified atom stereocenters. The number of ketones is 1. The Hall–Kier alpha value is -2.24. The number of carbonyl (C=O) groups is 1. The summed E-state index contributed by atoms with van der Waals surface area (Å²) in [6.45, 7) is 9.73. The van der Waals surface area contributed by atoms with E-state index in [9.17, 15) is 4.79 Å². The summed E-state index contributed by atoms with van der Waals surface area (Å²) in [6, 6.07) is 14.4. The van der Waals surface area contributed by atoms with Crippen molar-refractivity contribution in [1.29, 1.82) is 0 Å². The summed E-state index contributed by atoms with van der Waals surface area (Å²) in [4.78, 5) is 21.6. The number of nitrogens with zero attached hydrogens (tertiary/aromatic N) is 3. The summed E-state index contributed by atoms with van der Waals surface area (Å²) >= 11 is 0. The quantitative estimate of drug-likeness (QED) is 0.637. The molecule has 0 spiro atoms. The molecule has 31 heavy (non-hydrogen) atoms. The summed E-state index contributed by atoms with van der Waals surface area (Å²) in [7, 11) is 1.76. The average molecular weight is 422 g/mol. The second-order valence-electron chi connectivity index (χ2n) is 9.61. The van der Waals surface area contributed by atoms with Gasteiger partial charge in [0.2, 0.25) is 0 Å². The molecule has 0 radical (unpaired) electrons. The number of hydrogen-bond acceptors (Lipinski definition) is 5. The van der Waals surface area contributed by atoms with Crippen LogP contribution in [0.15, 0.2) is 48.7 Å². The fourth-order valence-corrected chi connectivity index (χ4v) is 5.58. The first-order chi connectivity index (χ1) is 14.9. The predicted octanol–water partition coefficient (Wildman–Crippen LogP) is 4.28. The van der Waals surface area contributed by atoms with Gasteiger partial charge >= 0.3 is 0 Å². The number of ether oxygens (including phenoxy) is 1. The van der Waals surface area contributed by atoms with E-state index in [1.54, 1.807) is 14.0 Å². The van der Waals surface area contributed by atoms with Gasteiger partial charge in [0.15, 0.2) is 0 Å². The third kappa shape index (κ3) is 4.26. The zero-order valence-electron chi connectivity index (χ0n) is 19.3. The highest BCUT2D eigenvalue weighted by molar-refractivity contribution is 5.77. The van der Waals surface area contributed by atoms with Gasteiger partial charge in [0.25, 0.3) is 0 Å². The van der Waals surface area contributed by atoms with Crippen LogP contribution in [-0.4, -0.2) is 58.4 Å². The zero-order valence-corrected chi connectivity index (χ0v) is 19.3. The maximum Gasteiger partial charge on any atom is 0.143 e. The predicted molar refractivity (Wildman–Crippen MR) is 123 cm³/mol. The molecule has 4 rings (SSSR count). The lowest BCUT2D eigenvalue weighted by molar-refractivity contribution is -0.119. The summed E-state index contributed by atoms with van der Waals surface area (Å²) in [5, 5.41) is 0. The second-order valence-corrected chi connectivity index (χ2v) is 9.61. The van der Waals surface area contributed by atoms with Crippen molar-refractivity contribution < 1.29 is 9.53 Å². The second kappa shape index (κ2) is 8.71. The van der Waals surface area contributed by atoms with Crippen LogP contribution >= 0.6 is 0 Å². The lowest BCUT2D eigenvalue weighted by Gasteiger charge is -2.41. The summed E-state index contributed by atoms with van der Waals surface area (Å²) in [6.07, 6.45) is 5.19. The Morgan fingerprint density at radius 3 is 2.52 bits per heavy atom. The minimum atomic E-state index is -0.0204. The van der Waals surface area contributed by atoms with E-state index < -0.39 is 0 Å². The molecule has 1 aromatic heterocycles. The van der Waals surface area contributed by atoms with Crippen LogP contribution < -0.4 is 4.74 Å². The largest absolute Gasteiger partial charge is 0.496 e. The average Bonchev–Trinajstić information content (AvgIpc) is 3.37. The standard InChI is InChI=1S/C26H35N3O2/c1-20(30)17-29(18-22-9-7-8-14-27-22)26(3)19-25(26,2)28-15-12-21(13-16-28)23-10-5-6-11-24(23)31-4/h5-11,14,21H,12-13,15-19H2,1-4H3. The highest BCUT2D eigenvalue weighted by atomic mass is 16.5. The molecule has 2 heterocycles. The Morgan fingerprint density at radius 1 is 1.16 bits per heavy atom. The van der Waals surface area contributed by atoms with Gasteiger partial charge in [0, 0.05) is 23.8 Å². The molecule has 0 amide bonds. The molecule has 1 aromatic carbocycles. The summed E-state index contributed by atoms with van der Waals surface area (Å²) in [5.74, 6) is 1.76. The number of hydrogen-bond donors (Lipinski definition) is 0. The van der Waals surface area contributed by atoms with E-state index in [2.05, 4.69) is 52.9 Å². The highest BCUT2D eigenvalue weighted by Crippen LogP contribution is 2.57. The minimum absolute atomic E-state index is 0.0204. The van der Waals surface area contributed by atoms with E-state index in [-0.39, 0.29) is 16.9 Å². The lowest BCUT2D eigenvalue weighted by atomic mass is 9.87. The van der Waals surface area contributed by atoms with Crippen molar-refractivity contribution in [1.82, 2.24) is 14.8 Å². The van der Waals surface area contributed by atoms with Crippen molar-refractivity contribution in [3.63, 3.8) is 0 Å². The van der Waals surface area contributed by atoms with E-state index in [4.69, 9.17) is 4.74 Å². The van der Waals surface area contributed by atoms with Crippen LogP contribution in [0.2, 0.25) is 0 Å². The number of piperidine rings is 1. The molecule has 1 saturated heterocycles. The molecule has 2 fully saturated rings. The molecule has 1 aliphatic carbocycles. The van der Waals surface area contributed by atoms with E-state index in [1.807, 2.05) is 24.4 Å². The van der Waals surface area contributed by atoms with Crippen LogP contribution in [0.25, 0.3) is 0 Å². The zero-order chi connectivity index (χ0) is 22.1. The van der Waals surface area contributed by atoms with Gasteiger partial charge in [-0.2, -0.15) is 0 Å². The Balaban J connectivity index is 1.46. The monoisotopic (exact) mass is 421 g/mol. The first kappa shape index (κ1) is 22.0. The van der Waals surface area contributed by atoms with Crippen LogP contribution in [-0.2, 0) is 11.3 Å². The van der Waals surface area contributed by atoms with E-state index >= 15 is 0 Å².